The Hall–Kier alpha value is -2.74. The van der Waals surface area contributed by atoms with Crippen molar-refractivity contribution in [1.29, 1.82) is 0 Å². The first-order valence-corrected chi connectivity index (χ1v) is 12.7. The highest BCUT2D eigenvalue weighted by atomic mass is 35.5. The van der Waals surface area contributed by atoms with E-state index in [9.17, 15) is 9.59 Å². The third-order valence-corrected chi connectivity index (χ3v) is 6.40. The zero-order chi connectivity index (χ0) is 26.2. The van der Waals surface area contributed by atoms with E-state index in [0.29, 0.717) is 28.8 Å². The molecule has 4 atom stereocenters. The smallest absolute Gasteiger partial charge is 0.246 e. The van der Waals surface area contributed by atoms with Crippen LogP contribution < -0.4 is 20.5 Å². The van der Waals surface area contributed by atoms with Crippen LogP contribution in [0.25, 0.3) is 0 Å². The van der Waals surface area contributed by atoms with Crippen LogP contribution >= 0.6 is 23.2 Å². The highest BCUT2D eigenvalue weighted by Gasteiger charge is 2.39. The molecule has 1 aliphatic heterocycles. The van der Waals surface area contributed by atoms with E-state index in [-0.39, 0.29) is 36.5 Å². The van der Waals surface area contributed by atoms with Crippen LogP contribution in [-0.2, 0) is 9.59 Å². The predicted molar refractivity (Wildman–Crippen MR) is 142 cm³/mol. The van der Waals surface area contributed by atoms with Gasteiger partial charge in [0.15, 0.2) is 0 Å². The Labute approximate surface area is 222 Å². The van der Waals surface area contributed by atoms with Gasteiger partial charge in [-0.3, -0.25) is 9.59 Å². The Kier molecular flexibility index (Phi) is 10.0. The third kappa shape index (κ3) is 7.63. The molecule has 0 radical (unpaired) electrons. The van der Waals surface area contributed by atoms with Gasteiger partial charge in [-0.25, -0.2) is 0 Å². The van der Waals surface area contributed by atoms with Gasteiger partial charge in [0.25, 0.3) is 0 Å². The minimum absolute atomic E-state index is 0.116. The Morgan fingerprint density at radius 1 is 1.17 bits per heavy atom. The Morgan fingerprint density at radius 2 is 1.89 bits per heavy atom. The molecule has 0 bridgehead atoms. The average Bonchev–Trinajstić information content (AvgIpc) is 3.23. The molecule has 2 aromatic carbocycles. The minimum atomic E-state index is -0.709. The van der Waals surface area contributed by atoms with Gasteiger partial charge in [-0.15, -0.1) is 0 Å². The molecule has 0 saturated carbocycles. The number of nitrogens with one attached hydrogen (secondary N) is 1. The number of ether oxygens (including phenoxy) is 2. The van der Waals surface area contributed by atoms with Crippen LogP contribution in [0, 0.1) is 5.92 Å². The molecular weight excluding hydrogens is 501 g/mol. The van der Waals surface area contributed by atoms with Gasteiger partial charge in [0.1, 0.15) is 30.3 Å². The molecular formula is C27H33Cl2N3O4. The Balaban J connectivity index is 1.74. The molecule has 0 aliphatic carbocycles. The fourth-order valence-corrected chi connectivity index (χ4v) is 4.42. The molecule has 0 aromatic heterocycles. The number of amides is 2. The van der Waals surface area contributed by atoms with Gasteiger partial charge in [0.05, 0.1) is 23.7 Å². The minimum Gasteiger partial charge on any atom is -0.488 e. The number of nitrogens with zero attached hydrogens (tertiary/aromatic N) is 1. The number of nitrogens with two attached hydrogens (primary N) is 1. The standard InChI is InChI=1S/C27H33Cl2N3O4/c1-17(2)25(31-26(33)18(3)30)27(34)32-16-22(36-21-9-5-4-6-10-21)15-20(32)8-7-13-35-24-12-11-19(28)14-23(24)29/h4-12,14,17-18,20,22,25H,13,15-16,30H2,1-3H3,(H,31,33)/b8-7+/t18-,20+,22-,25-/m0/s1. The van der Waals surface area contributed by atoms with E-state index in [0.717, 1.165) is 5.75 Å². The molecule has 1 heterocycles. The van der Waals surface area contributed by atoms with Crippen molar-refractivity contribution in [2.75, 3.05) is 13.2 Å². The van der Waals surface area contributed by atoms with Gasteiger partial charge in [-0.2, -0.15) is 0 Å². The van der Waals surface area contributed by atoms with E-state index in [1.807, 2.05) is 56.3 Å². The summed E-state index contributed by atoms with van der Waals surface area (Å²) in [4.78, 5) is 27.6. The first-order chi connectivity index (χ1) is 17.2. The SMILES string of the molecule is CC(C)[C@H](NC(=O)[C@H](C)N)C(=O)N1C[C@@H](Oc2ccccc2)C[C@H]1/C=C/COc1ccc(Cl)cc1Cl. The van der Waals surface area contributed by atoms with Crippen LogP contribution in [0.4, 0.5) is 0 Å². The molecule has 2 amide bonds. The van der Waals surface area contributed by atoms with Gasteiger partial charge in [-0.05, 0) is 49.2 Å². The topological polar surface area (TPSA) is 93.9 Å². The number of benzene rings is 2. The number of carbonyl (C=O) groups excluding carboxylic acids is 2. The molecule has 1 fully saturated rings. The molecule has 0 spiro atoms. The van der Waals surface area contributed by atoms with Crippen molar-refractivity contribution >= 4 is 35.0 Å². The predicted octanol–water partition coefficient (Wildman–Crippen LogP) is 4.46. The van der Waals surface area contributed by atoms with Crippen LogP contribution in [0.2, 0.25) is 10.0 Å². The van der Waals surface area contributed by atoms with E-state index in [4.69, 9.17) is 38.4 Å². The second-order valence-electron chi connectivity index (χ2n) is 9.18. The van der Waals surface area contributed by atoms with E-state index in [2.05, 4.69) is 5.32 Å². The van der Waals surface area contributed by atoms with E-state index < -0.39 is 12.1 Å². The summed E-state index contributed by atoms with van der Waals surface area (Å²) in [6, 6.07) is 12.9. The summed E-state index contributed by atoms with van der Waals surface area (Å²) in [5.41, 5.74) is 5.72. The van der Waals surface area contributed by atoms with Gasteiger partial charge in [0.2, 0.25) is 11.8 Å². The Bertz CT molecular complexity index is 1060. The number of likely N-dealkylation sites (tertiary alicyclic amines) is 1. The zero-order valence-corrected chi connectivity index (χ0v) is 22.2. The van der Waals surface area contributed by atoms with Gasteiger partial charge >= 0.3 is 0 Å². The summed E-state index contributed by atoms with van der Waals surface area (Å²) >= 11 is 12.1. The summed E-state index contributed by atoms with van der Waals surface area (Å²) in [5.74, 6) is 0.613. The lowest BCUT2D eigenvalue weighted by Crippen LogP contribution is -2.55. The van der Waals surface area contributed by atoms with Crippen LogP contribution in [0.15, 0.2) is 60.7 Å². The molecule has 2 aromatic rings. The van der Waals surface area contributed by atoms with Crippen molar-refractivity contribution < 1.29 is 19.1 Å². The monoisotopic (exact) mass is 533 g/mol. The maximum Gasteiger partial charge on any atom is 0.246 e. The molecule has 194 valence electrons. The molecule has 3 N–H and O–H groups in total. The highest BCUT2D eigenvalue weighted by molar-refractivity contribution is 6.35. The molecule has 1 saturated heterocycles. The first kappa shape index (κ1) is 27.8. The van der Waals surface area contributed by atoms with Crippen LogP contribution in [-0.4, -0.2) is 54.1 Å². The molecule has 3 rings (SSSR count). The van der Waals surface area contributed by atoms with Crippen molar-refractivity contribution in [2.45, 2.75) is 51.4 Å². The van der Waals surface area contributed by atoms with Crippen LogP contribution in [0.1, 0.15) is 27.2 Å². The van der Waals surface area contributed by atoms with Crippen molar-refractivity contribution in [3.63, 3.8) is 0 Å². The lowest BCUT2D eigenvalue weighted by molar-refractivity contribution is -0.138. The number of halogens is 2. The fraction of sp³-hybridized carbons (Fsp3) is 0.407. The Morgan fingerprint density at radius 3 is 2.53 bits per heavy atom. The summed E-state index contributed by atoms with van der Waals surface area (Å²) in [5, 5.41) is 3.76. The van der Waals surface area contributed by atoms with Crippen molar-refractivity contribution in [3.05, 3.63) is 70.7 Å². The lowest BCUT2D eigenvalue weighted by Gasteiger charge is -2.30. The summed E-state index contributed by atoms with van der Waals surface area (Å²) < 4.78 is 11.9. The van der Waals surface area contributed by atoms with Crippen LogP contribution in [0.3, 0.4) is 0 Å². The summed E-state index contributed by atoms with van der Waals surface area (Å²) in [6.07, 6.45) is 4.19. The third-order valence-electron chi connectivity index (χ3n) is 5.87. The van der Waals surface area contributed by atoms with Crippen molar-refractivity contribution in [2.24, 2.45) is 11.7 Å². The quantitative estimate of drug-likeness (QED) is 0.439. The number of rotatable bonds is 10. The largest absolute Gasteiger partial charge is 0.488 e. The zero-order valence-electron chi connectivity index (χ0n) is 20.7. The van der Waals surface area contributed by atoms with Gasteiger partial charge in [0, 0.05) is 11.4 Å². The first-order valence-electron chi connectivity index (χ1n) is 12.0. The molecule has 1 aliphatic rings. The number of hydrogen-bond acceptors (Lipinski definition) is 5. The fourth-order valence-electron chi connectivity index (χ4n) is 3.96. The van der Waals surface area contributed by atoms with Gasteiger partial charge < -0.3 is 25.4 Å². The summed E-state index contributed by atoms with van der Waals surface area (Å²) in [7, 11) is 0. The van der Waals surface area contributed by atoms with Crippen molar-refractivity contribution in [1.82, 2.24) is 10.2 Å². The number of para-hydroxylation sites is 1. The summed E-state index contributed by atoms with van der Waals surface area (Å²) in [6.45, 7) is 6.04. The van der Waals surface area contributed by atoms with E-state index in [1.54, 1.807) is 30.0 Å². The number of carbonyl (C=O) groups is 2. The van der Waals surface area contributed by atoms with Gasteiger partial charge in [-0.1, -0.05) is 61.3 Å². The second-order valence-corrected chi connectivity index (χ2v) is 10.0. The highest BCUT2D eigenvalue weighted by Crippen LogP contribution is 2.28. The molecule has 7 nitrogen and oxygen atoms in total. The van der Waals surface area contributed by atoms with Crippen molar-refractivity contribution in [3.8, 4) is 11.5 Å². The maximum absolute atomic E-state index is 13.6. The molecule has 9 heteroatoms. The van der Waals surface area contributed by atoms with E-state index >= 15 is 0 Å². The normalized spacial score (nSPS) is 19.4. The van der Waals surface area contributed by atoms with Crippen LogP contribution in [0.5, 0.6) is 11.5 Å². The average molecular weight is 534 g/mol. The maximum atomic E-state index is 13.6. The van der Waals surface area contributed by atoms with E-state index in [1.165, 1.54) is 0 Å². The second kappa shape index (κ2) is 13.0. The molecule has 36 heavy (non-hydrogen) atoms. The molecule has 0 unspecified atom stereocenters. The number of hydrogen-bond donors (Lipinski definition) is 2. The lowest BCUT2D eigenvalue weighted by atomic mass is 10.0.